The molecule has 0 aliphatic heterocycles. The molecule has 1 aromatic rings. The Morgan fingerprint density at radius 3 is 2.50 bits per heavy atom. The summed E-state index contributed by atoms with van der Waals surface area (Å²) in [7, 11) is 0. The molecular formula is C10H11N3O. The first-order chi connectivity index (χ1) is 6.77. The monoisotopic (exact) mass is 189 g/mol. The number of pyridine rings is 1. The average Bonchev–Trinajstić information content (AvgIpc) is 2.26. The van der Waals surface area contributed by atoms with Gasteiger partial charge in [-0.15, -0.1) is 0 Å². The molecule has 0 spiro atoms. The van der Waals surface area contributed by atoms with Crippen molar-refractivity contribution in [3.05, 3.63) is 48.1 Å². The summed E-state index contributed by atoms with van der Waals surface area (Å²) in [5, 5.41) is 0. The van der Waals surface area contributed by atoms with E-state index in [9.17, 15) is 4.79 Å². The maximum Gasteiger partial charge on any atom is 0.165 e. The summed E-state index contributed by atoms with van der Waals surface area (Å²) in [5.41, 5.74) is 12.5. The molecular weight excluding hydrogens is 178 g/mol. The fraction of sp³-hybridized carbons (Fsp3) is 0. The summed E-state index contributed by atoms with van der Waals surface area (Å²) in [6.45, 7) is 0. The Kier molecular flexibility index (Phi) is 3.43. The van der Waals surface area contributed by atoms with Crippen molar-refractivity contribution in [2.75, 3.05) is 0 Å². The second kappa shape index (κ2) is 4.81. The van der Waals surface area contributed by atoms with Crippen molar-refractivity contribution < 1.29 is 4.79 Å². The zero-order chi connectivity index (χ0) is 10.4. The quantitative estimate of drug-likeness (QED) is 0.410. The Balaban J connectivity index is 3.02. The van der Waals surface area contributed by atoms with Crippen LogP contribution in [0.4, 0.5) is 0 Å². The van der Waals surface area contributed by atoms with E-state index in [2.05, 4.69) is 4.98 Å². The molecule has 4 N–H and O–H groups in total. The third kappa shape index (κ3) is 2.45. The number of rotatable bonds is 3. The van der Waals surface area contributed by atoms with Crippen LogP contribution in [0.2, 0.25) is 0 Å². The minimum Gasteiger partial charge on any atom is -0.404 e. The molecule has 0 bridgehead atoms. The van der Waals surface area contributed by atoms with Gasteiger partial charge in [0, 0.05) is 18.6 Å². The summed E-state index contributed by atoms with van der Waals surface area (Å²) >= 11 is 0. The third-order valence-corrected chi connectivity index (χ3v) is 1.65. The van der Waals surface area contributed by atoms with Crippen molar-refractivity contribution in [1.29, 1.82) is 0 Å². The summed E-state index contributed by atoms with van der Waals surface area (Å²) in [6.07, 6.45) is 6.77. The predicted molar refractivity (Wildman–Crippen MR) is 54.7 cm³/mol. The predicted octanol–water partition coefficient (Wildman–Crippen LogP) is 0.423. The molecule has 0 aliphatic carbocycles. The molecule has 0 saturated heterocycles. The Morgan fingerprint density at radius 1 is 1.36 bits per heavy atom. The SMILES string of the molecule is N/C=C(\C=C(\N)C=O)c1ccncc1. The number of nitrogens with two attached hydrogens (primary N) is 2. The highest BCUT2D eigenvalue weighted by Gasteiger charge is 1.97. The number of hydrogen-bond acceptors (Lipinski definition) is 4. The van der Waals surface area contributed by atoms with Gasteiger partial charge in [-0.1, -0.05) is 0 Å². The summed E-state index contributed by atoms with van der Waals surface area (Å²) in [4.78, 5) is 14.2. The highest BCUT2D eigenvalue weighted by Crippen LogP contribution is 2.13. The van der Waals surface area contributed by atoms with E-state index < -0.39 is 0 Å². The molecule has 4 nitrogen and oxygen atoms in total. The molecule has 0 amide bonds. The van der Waals surface area contributed by atoms with E-state index in [0.29, 0.717) is 11.9 Å². The number of nitrogens with zero attached hydrogens (tertiary/aromatic N) is 1. The van der Waals surface area contributed by atoms with Gasteiger partial charge in [-0.25, -0.2) is 0 Å². The van der Waals surface area contributed by atoms with E-state index in [1.165, 1.54) is 12.3 Å². The fourth-order valence-corrected chi connectivity index (χ4v) is 0.986. The second-order valence-electron chi connectivity index (χ2n) is 2.62. The van der Waals surface area contributed by atoms with Gasteiger partial charge in [0.15, 0.2) is 6.29 Å². The van der Waals surface area contributed by atoms with Gasteiger partial charge in [-0.2, -0.15) is 0 Å². The maximum absolute atomic E-state index is 10.3. The lowest BCUT2D eigenvalue weighted by molar-refractivity contribution is -0.104. The van der Waals surface area contributed by atoms with Crippen LogP contribution in [-0.4, -0.2) is 11.3 Å². The van der Waals surface area contributed by atoms with Crippen LogP contribution in [0, 0.1) is 0 Å². The van der Waals surface area contributed by atoms with Crippen LogP contribution in [0.1, 0.15) is 5.56 Å². The molecule has 0 aromatic carbocycles. The second-order valence-corrected chi connectivity index (χ2v) is 2.62. The van der Waals surface area contributed by atoms with Gasteiger partial charge in [0.2, 0.25) is 0 Å². The molecule has 0 fully saturated rings. The van der Waals surface area contributed by atoms with E-state index in [4.69, 9.17) is 11.5 Å². The first-order valence-corrected chi connectivity index (χ1v) is 4.02. The molecule has 14 heavy (non-hydrogen) atoms. The first kappa shape index (κ1) is 9.98. The van der Waals surface area contributed by atoms with Gasteiger partial charge in [-0.3, -0.25) is 9.78 Å². The molecule has 1 aromatic heterocycles. The van der Waals surface area contributed by atoms with Crippen LogP contribution in [0.15, 0.2) is 42.5 Å². The van der Waals surface area contributed by atoms with Crippen molar-refractivity contribution >= 4 is 11.9 Å². The lowest BCUT2D eigenvalue weighted by Gasteiger charge is -2.00. The molecule has 1 heterocycles. The average molecular weight is 189 g/mol. The van der Waals surface area contributed by atoms with Crippen molar-refractivity contribution in [2.45, 2.75) is 0 Å². The summed E-state index contributed by atoms with van der Waals surface area (Å²) in [5.74, 6) is 0. The van der Waals surface area contributed by atoms with Crippen molar-refractivity contribution in [2.24, 2.45) is 11.5 Å². The Labute approximate surface area is 81.9 Å². The van der Waals surface area contributed by atoms with Gasteiger partial charge >= 0.3 is 0 Å². The van der Waals surface area contributed by atoms with Gasteiger partial charge in [0.25, 0.3) is 0 Å². The van der Waals surface area contributed by atoms with Crippen LogP contribution >= 0.6 is 0 Å². The molecule has 0 aliphatic rings. The summed E-state index contributed by atoms with van der Waals surface area (Å²) < 4.78 is 0. The van der Waals surface area contributed by atoms with Crippen LogP contribution < -0.4 is 11.5 Å². The number of carbonyl (C=O) groups excluding carboxylic acids is 1. The molecule has 72 valence electrons. The number of carbonyl (C=O) groups is 1. The standard InChI is InChI=1S/C10H11N3O/c11-6-9(5-10(12)7-14)8-1-3-13-4-2-8/h1-7H,11-12H2/b9-6+,10-5+. The summed E-state index contributed by atoms with van der Waals surface area (Å²) in [6, 6.07) is 3.57. The zero-order valence-electron chi connectivity index (χ0n) is 7.55. The van der Waals surface area contributed by atoms with E-state index in [-0.39, 0.29) is 5.70 Å². The van der Waals surface area contributed by atoms with Crippen LogP contribution in [-0.2, 0) is 4.79 Å². The Morgan fingerprint density at radius 2 is 2.00 bits per heavy atom. The lowest BCUT2D eigenvalue weighted by atomic mass is 10.1. The first-order valence-electron chi connectivity index (χ1n) is 4.02. The largest absolute Gasteiger partial charge is 0.404 e. The van der Waals surface area contributed by atoms with Crippen LogP contribution in [0.5, 0.6) is 0 Å². The van der Waals surface area contributed by atoms with Crippen molar-refractivity contribution in [1.82, 2.24) is 4.98 Å². The Bertz CT molecular complexity index is 368. The van der Waals surface area contributed by atoms with Gasteiger partial charge < -0.3 is 11.5 Å². The molecule has 0 atom stereocenters. The number of allylic oxidation sites excluding steroid dienone is 3. The number of aromatic nitrogens is 1. The third-order valence-electron chi connectivity index (χ3n) is 1.65. The highest BCUT2D eigenvalue weighted by atomic mass is 16.1. The molecule has 0 radical (unpaired) electrons. The minimum atomic E-state index is 0.138. The minimum absolute atomic E-state index is 0.138. The fourth-order valence-electron chi connectivity index (χ4n) is 0.986. The topological polar surface area (TPSA) is 82.0 Å². The van der Waals surface area contributed by atoms with E-state index in [1.54, 1.807) is 24.5 Å². The smallest absolute Gasteiger partial charge is 0.165 e. The molecule has 1 rings (SSSR count). The Hall–Kier alpha value is -2.10. The van der Waals surface area contributed by atoms with E-state index in [0.717, 1.165) is 5.56 Å². The molecule has 0 unspecified atom stereocenters. The maximum atomic E-state index is 10.3. The van der Waals surface area contributed by atoms with E-state index in [1.807, 2.05) is 0 Å². The van der Waals surface area contributed by atoms with Crippen molar-refractivity contribution in [3.8, 4) is 0 Å². The number of hydrogen-bond donors (Lipinski definition) is 2. The van der Waals surface area contributed by atoms with Gasteiger partial charge in [0.05, 0.1) is 5.70 Å². The van der Waals surface area contributed by atoms with Gasteiger partial charge in [-0.05, 0) is 29.3 Å². The van der Waals surface area contributed by atoms with Crippen LogP contribution in [0.3, 0.4) is 0 Å². The van der Waals surface area contributed by atoms with E-state index >= 15 is 0 Å². The van der Waals surface area contributed by atoms with Crippen LogP contribution in [0.25, 0.3) is 5.57 Å². The molecule has 0 saturated carbocycles. The zero-order valence-corrected chi connectivity index (χ0v) is 7.55. The highest BCUT2D eigenvalue weighted by molar-refractivity contribution is 5.82. The normalized spacial score (nSPS) is 12.6. The lowest BCUT2D eigenvalue weighted by Crippen LogP contribution is -1.99. The van der Waals surface area contributed by atoms with Gasteiger partial charge in [0.1, 0.15) is 0 Å². The number of aldehydes is 1. The van der Waals surface area contributed by atoms with Crippen molar-refractivity contribution in [3.63, 3.8) is 0 Å². The molecule has 4 heteroatoms.